The van der Waals surface area contributed by atoms with E-state index in [1.807, 2.05) is 12.1 Å². The highest BCUT2D eigenvalue weighted by atomic mass is 35.5. The van der Waals surface area contributed by atoms with Crippen molar-refractivity contribution in [3.05, 3.63) is 34.1 Å². The molecule has 14 heavy (non-hydrogen) atoms. The van der Waals surface area contributed by atoms with Crippen molar-refractivity contribution < 1.29 is 4.57 Å². The van der Waals surface area contributed by atoms with Crippen LogP contribution in [0, 0.1) is 4.77 Å². The van der Waals surface area contributed by atoms with Crippen molar-refractivity contribution in [1.82, 2.24) is 10.2 Å². The number of nitrogens with zero attached hydrogens (tertiary/aromatic N) is 1. The van der Waals surface area contributed by atoms with Gasteiger partial charge in [-0.15, -0.1) is 0 Å². The number of hydrogen-bond acceptors (Lipinski definition) is 2. The van der Waals surface area contributed by atoms with Gasteiger partial charge in [0.15, 0.2) is 0 Å². The van der Waals surface area contributed by atoms with Gasteiger partial charge >= 0.3 is 5.95 Å². The first-order valence-corrected chi connectivity index (χ1v) is 4.71. The minimum atomic E-state index is 0.456. The first kappa shape index (κ1) is 9.23. The van der Waals surface area contributed by atoms with Gasteiger partial charge in [0.2, 0.25) is 0 Å². The van der Waals surface area contributed by atoms with E-state index < -0.39 is 0 Å². The highest BCUT2D eigenvalue weighted by Gasteiger charge is 2.09. The molecule has 2 rings (SSSR count). The van der Waals surface area contributed by atoms with Crippen molar-refractivity contribution >= 4 is 29.8 Å². The average Bonchev–Trinajstić information content (AvgIpc) is 2.49. The molecule has 0 spiro atoms. The summed E-state index contributed by atoms with van der Waals surface area (Å²) < 4.78 is 2.20. The second-order valence-corrected chi connectivity index (χ2v) is 3.58. The van der Waals surface area contributed by atoms with Crippen LogP contribution in [0.2, 0.25) is 5.02 Å². The predicted molar refractivity (Wildman–Crippen MR) is 56.9 cm³/mol. The lowest BCUT2D eigenvalue weighted by molar-refractivity contribution is -0.587. The zero-order valence-electron chi connectivity index (χ0n) is 7.12. The number of aromatic amines is 2. The molecule has 4 N–H and O–H groups in total. The van der Waals surface area contributed by atoms with E-state index in [1.165, 1.54) is 0 Å². The fourth-order valence-corrected chi connectivity index (χ4v) is 1.57. The number of nitrogens with one attached hydrogen (secondary N) is 2. The molecule has 0 aliphatic carbocycles. The Morgan fingerprint density at radius 1 is 1.21 bits per heavy atom. The number of benzene rings is 1. The fourth-order valence-electron chi connectivity index (χ4n) is 1.19. The quantitative estimate of drug-likeness (QED) is 0.512. The van der Waals surface area contributed by atoms with Crippen LogP contribution in [-0.2, 0) is 0 Å². The van der Waals surface area contributed by atoms with Crippen LogP contribution in [0.25, 0.3) is 5.69 Å². The van der Waals surface area contributed by atoms with Gasteiger partial charge in [0.05, 0.1) is 5.69 Å². The number of hydrogen-bond donors (Lipinski definition) is 3. The van der Waals surface area contributed by atoms with Crippen molar-refractivity contribution in [2.75, 3.05) is 5.73 Å². The summed E-state index contributed by atoms with van der Waals surface area (Å²) in [7, 11) is 0. The molecule has 72 valence electrons. The van der Waals surface area contributed by atoms with Gasteiger partial charge in [-0.05, 0) is 36.5 Å². The number of nitrogens with two attached hydrogens (primary N) is 1. The molecule has 0 saturated carbocycles. The van der Waals surface area contributed by atoms with E-state index in [9.17, 15) is 0 Å². The first-order valence-electron chi connectivity index (χ1n) is 3.92. The number of H-pyrrole nitrogens is 2. The molecular weight excluding hydrogens is 220 g/mol. The fraction of sp³-hybridized carbons (Fsp3) is 0. The van der Waals surface area contributed by atoms with E-state index >= 15 is 0 Å². The van der Waals surface area contributed by atoms with Gasteiger partial charge < -0.3 is 5.73 Å². The third kappa shape index (κ3) is 1.51. The summed E-state index contributed by atoms with van der Waals surface area (Å²) >= 11 is 10.8. The molecule has 1 aromatic heterocycles. The Kier molecular flexibility index (Phi) is 2.26. The van der Waals surface area contributed by atoms with Gasteiger partial charge in [0, 0.05) is 5.02 Å². The highest BCUT2D eigenvalue weighted by molar-refractivity contribution is 7.71. The Morgan fingerprint density at radius 2 is 1.86 bits per heavy atom. The van der Waals surface area contributed by atoms with E-state index in [0.29, 0.717) is 15.7 Å². The van der Waals surface area contributed by atoms with Crippen molar-refractivity contribution in [3.63, 3.8) is 0 Å². The highest BCUT2D eigenvalue weighted by Crippen LogP contribution is 2.09. The Bertz CT molecular complexity index is 499. The lowest BCUT2D eigenvalue weighted by Gasteiger charge is -1.97. The monoisotopic (exact) mass is 227 g/mol. The van der Waals surface area contributed by atoms with E-state index in [4.69, 9.17) is 29.6 Å². The van der Waals surface area contributed by atoms with Crippen LogP contribution >= 0.6 is 23.8 Å². The van der Waals surface area contributed by atoms with Crippen LogP contribution < -0.4 is 10.3 Å². The van der Waals surface area contributed by atoms with E-state index in [0.717, 1.165) is 5.69 Å². The molecular formula is C8H8ClN4S+. The smallest absolute Gasteiger partial charge is 0.308 e. The Morgan fingerprint density at radius 3 is 2.36 bits per heavy atom. The third-order valence-corrected chi connectivity index (χ3v) is 2.36. The standard InChI is InChI=1S/C8H7ClN4S/c9-5-1-3-6(4-2-5)13-7(10)11-12-8(13)14/h1-4H,(H3,10,11,12,14)/p+1. The third-order valence-electron chi connectivity index (χ3n) is 1.83. The minimum absolute atomic E-state index is 0.456. The van der Waals surface area contributed by atoms with E-state index in [1.54, 1.807) is 16.7 Å². The largest absolute Gasteiger partial charge is 0.342 e. The zero-order chi connectivity index (χ0) is 10.1. The molecule has 0 saturated heterocycles. The molecule has 0 atom stereocenters. The summed E-state index contributed by atoms with van der Waals surface area (Å²) in [5.74, 6) is 0.456. The van der Waals surface area contributed by atoms with Gasteiger partial charge in [0.25, 0.3) is 4.77 Å². The summed E-state index contributed by atoms with van der Waals surface area (Å²) in [4.78, 5) is 0. The van der Waals surface area contributed by atoms with E-state index in [2.05, 4.69) is 10.2 Å². The van der Waals surface area contributed by atoms with Crippen molar-refractivity contribution in [2.45, 2.75) is 0 Å². The van der Waals surface area contributed by atoms with Crippen LogP contribution in [0.3, 0.4) is 0 Å². The molecule has 0 aliphatic heterocycles. The molecule has 0 bridgehead atoms. The number of rotatable bonds is 1. The molecule has 0 amide bonds. The number of halogens is 1. The normalized spacial score (nSPS) is 10.4. The molecule has 0 unspecified atom stereocenters. The van der Waals surface area contributed by atoms with Gasteiger partial charge in [-0.1, -0.05) is 11.6 Å². The maximum Gasteiger partial charge on any atom is 0.342 e. The molecule has 1 heterocycles. The van der Waals surface area contributed by atoms with Crippen molar-refractivity contribution in [3.8, 4) is 5.69 Å². The van der Waals surface area contributed by atoms with Crippen LogP contribution in [0.15, 0.2) is 24.3 Å². The van der Waals surface area contributed by atoms with Gasteiger partial charge in [0.1, 0.15) is 0 Å². The van der Waals surface area contributed by atoms with Crippen LogP contribution in [0.4, 0.5) is 5.95 Å². The number of aromatic nitrogens is 3. The molecule has 1 aromatic carbocycles. The minimum Gasteiger partial charge on any atom is -0.308 e. The SMILES string of the molecule is Nc1[nH][nH]c(=S)[n+]1-c1ccc(Cl)cc1. The summed E-state index contributed by atoms with van der Waals surface area (Å²) in [6.45, 7) is 0. The Balaban J connectivity index is 2.60. The van der Waals surface area contributed by atoms with E-state index in [-0.39, 0.29) is 0 Å². The summed E-state index contributed by atoms with van der Waals surface area (Å²) in [5.41, 5.74) is 6.56. The van der Waals surface area contributed by atoms with Gasteiger partial charge in [-0.25, -0.2) is 0 Å². The number of nitrogen functional groups attached to an aromatic ring is 1. The van der Waals surface area contributed by atoms with Crippen LogP contribution in [-0.4, -0.2) is 10.2 Å². The molecule has 0 aliphatic rings. The summed E-state index contributed by atoms with van der Waals surface area (Å²) in [6, 6.07) is 7.25. The maximum atomic E-state index is 5.77. The second kappa shape index (κ2) is 3.43. The van der Waals surface area contributed by atoms with Crippen LogP contribution in [0.1, 0.15) is 0 Å². The maximum absolute atomic E-state index is 5.77. The lowest BCUT2D eigenvalue weighted by atomic mass is 10.3. The topological polar surface area (TPSA) is 61.5 Å². The zero-order valence-corrected chi connectivity index (χ0v) is 8.69. The summed E-state index contributed by atoms with van der Waals surface area (Å²) in [5, 5.41) is 6.15. The number of anilines is 1. The van der Waals surface area contributed by atoms with Crippen molar-refractivity contribution in [2.24, 2.45) is 0 Å². The molecule has 0 fully saturated rings. The second-order valence-electron chi connectivity index (χ2n) is 2.75. The lowest BCUT2D eigenvalue weighted by Crippen LogP contribution is -2.33. The van der Waals surface area contributed by atoms with Gasteiger partial charge in [-0.3, -0.25) is 0 Å². The summed E-state index contributed by atoms with van der Waals surface area (Å²) in [6.07, 6.45) is 0. The Labute approximate surface area is 90.3 Å². The molecule has 6 heteroatoms. The average molecular weight is 228 g/mol. The molecule has 0 radical (unpaired) electrons. The van der Waals surface area contributed by atoms with Crippen molar-refractivity contribution in [1.29, 1.82) is 0 Å². The van der Waals surface area contributed by atoms with Crippen LogP contribution in [0.5, 0.6) is 0 Å². The molecule has 2 aromatic rings. The molecule has 4 nitrogen and oxygen atoms in total. The predicted octanol–water partition coefficient (Wildman–Crippen LogP) is 1.58. The first-order chi connectivity index (χ1) is 6.68. The van der Waals surface area contributed by atoms with Gasteiger partial charge in [-0.2, -0.15) is 14.8 Å². The Hall–Kier alpha value is -1.33.